The Morgan fingerprint density at radius 1 is 1.27 bits per heavy atom. The van der Waals surface area contributed by atoms with Crippen molar-refractivity contribution in [2.24, 2.45) is 0 Å². The van der Waals surface area contributed by atoms with E-state index in [4.69, 9.17) is 5.73 Å². The highest BCUT2D eigenvalue weighted by atomic mass is 19.4. The summed E-state index contributed by atoms with van der Waals surface area (Å²) < 4.78 is 77.2. The minimum Gasteiger partial charge on any atom is -0.396 e. The molecule has 1 heterocycles. The molecule has 0 aliphatic rings. The van der Waals surface area contributed by atoms with Gasteiger partial charge in [0, 0.05) is 12.7 Å². The SMILES string of the molecule is Nc1c(C(=O)NCCOCC(F)(F)F)ccnc1C(F)(F)F. The van der Waals surface area contributed by atoms with Crippen LogP contribution < -0.4 is 11.1 Å². The molecule has 0 aliphatic heterocycles. The Balaban J connectivity index is 2.60. The molecule has 1 aromatic heterocycles. The molecule has 1 rings (SSSR count). The van der Waals surface area contributed by atoms with Crippen LogP contribution in [0.5, 0.6) is 0 Å². The maximum absolute atomic E-state index is 12.6. The molecule has 0 saturated heterocycles. The first-order chi connectivity index (χ1) is 10.0. The smallest absolute Gasteiger partial charge is 0.396 e. The number of pyridine rings is 1. The normalized spacial score (nSPS) is 12.3. The van der Waals surface area contributed by atoms with Crippen LogP contribution in [0.15, 0.2) is 12.3 Å². The summed E-state index contributed by atoms with van der Waals surface area (Å²) in [6.07, 6.45) is -8.56. The lowest BCUT2D eigenvalue weighted by atomic mass is 10.1. The van der Waals surface area contributed by atoms with Gasteiger partial charge < -0.3 is 15.8 Å². The first-order valence-electron chi connectivity index (χ1n) is 5.76. The molecule has 0 spiro atoms. The van der Waals surface area contributed by atoms with Gasteiger partial charge in [0.05, 0.1) is 17.9 Å². The van der Waals surface area contributed by atoms with E-state index in [1.54, 1.807) is 0 Å². The molecule has 0 saturated carbocycles. The Labute approximate surface area is 120 Å². The topological polar surface area (TPSA) is 77.2 Å². The second kappa shape index (κ2) is 6.81. The number of ether oxygens (including phenoxy) is 1. The predicted octanol–water partition coefficient (Wildman–Crippen LogP) is 1.99. The van der Waals surface area contributed by atoms with Crippen molar-refractivity contribution in [2.45, 2.75) is 12.4 Å². The zero-order chi connectivity index (χ0) is 17.0. The molecule has 0 unspecified atom stereocenters. The lowest BCUT2D eigenvalue weighted by Crippen LogP contribution is -2.30. The van der Waals surface area contributed by atoms with E-state index in [9.17, 15) is 31.1 Å². The average molecular weight is 331 g/mol. The number of carbonyl (C=O) groups excluding carboxylic acids is 1. The molecule has 11 heteroatoms. The number of nitrogen functional groups attached to an aromatic ring is 1. The van der Waals surface area contributed by atoms with Gasteiger partial charge in [-0.15, -0.1) is 0 Å². The number of halogens is 6. The van der Waals surface area contributed by atoms with Gasteiger partial charge in [-0.05, 0) is 6.07 Å². The molecule has 1 aromatic rings. The molecule has 22 heavy (non-hydrogen) atoms. The monoisotopic (exact) mass is 331 g/mol. The number of carbonyl (C=O) groups is 1. The van der Waals surface area contributed by atoms with Crippen LogP contribution in [-0.2, 0) is 10.9 Å². The van der Waals surface area contributed by atoms with Crippen LogP contribution >= 0.6 is 0 Å². The van der Waals surface area contributed by atoms with Crippen LogP contribution in [0.2, 0.25) is 0 Å². The van der Waals surface area contributed by atoms with E-state index in [2.05, 4.69) is 15.0 Å². The van der Waals surface area contributed by atoms with Crippen LogP contribution in [0, 0.1) is 0 Å². The molecule has 0 bridgehead atoms. The molecule has 3 N–H and O–H groups in total. The van der Waals surface area contributed by atoms with Gasteiger partial charge in [-0.3, -0.25) is 4.79 Å². The van der Waals surface area contributed by atoms with Crippen LogP contribution in [0.4, 0.5) is 32.0 Å². The zero-order valence-corrected chi connectivity index (χ0v) is 10.9. The van der Waals surface area contributed by atoms with Crippen molar-refractivity contribution < 1.29 is 35.9 Å². The van der Waals surface area contributed by atoms with Gasteiger partial charge in [0.25, 0.3) is 5.91 Å². The second-order valence-electron chi connectivity index (χ2n) is 4.04. The first kappa shape index (κ1) is 18.0. The van der Waals surface area contributed by atoms with Crippen LogP contribution in [-0.4, -0.2) is 36.8 Å². The Bertz CT molecular complexity index is 530. The van der Waals surface area contributed by atoms with E-state index < -0.39 is 48.4 Å². The largest absolute Gasteiger partial charge is 0.435 e. The summed E-state index contributed by atoms with van der Waals surface area (Å²) in [5, 5.41) is 2.10. The third-order valence-corrected chi connectivity index (χ3v) is 2.30. The van der Waals surface area contributed by atoms with Gasteiger partial charge >= 0.3 is 12.4 Å². The van der Waals surface area contributed by atoms with Crippen molar-refractivity contribution in [1.29, 1.82) is 0 Å². The van der Waals surface area contributed by atoms with Gasteiger partial charge in [0.2, 0.25) is 0 Å². The maximum Gasteiger partial charge on any atom is 0.435 e. The van der Waals surface area contributed by atoms with E-state index in [0.29, 0.717) is 0 Å². The van der Waals surface area contributed by atoms with E-state index in [1.807, 2.05) is 0 Å². The first-order valence-corrected chi connectivity index (χ1v) is 5.76. The summed E-state index contributed by atoms with van der Waals surface area (Å²) in [4.78, 5) is 14.7. The molecule has 5 nitrogen and oxygen atoms in total. The van der Waals surface area contributed by atoms with Crippen molar-refractivity contribution in [2.75, 3.05) is 25.5 Å². The van der Waals surface area contributed by atoms with Gasteiger partial charge in [-0.25, -0.2) is 4.98 Å². The molecule has 0 atom stereocenters. The Hall–Kier alpha value is -2.04. The molecule has 0 radical (unpaired) electrons. The summed E-state index contributed by atoms with van der Waals surface area (Å²) in [5.74, 6) is -0.971. The van der Waals surface area contributed by atoms with Gasteiger partial charge in [0.15, 0.2) is 5.69 Å². The summed E-state index contributed by atoms with van der Waals surface area (Å²) in [6.45, 7) is -2.26. The minimum absolute atomic E-state index is 0.321. The number of anilines is 1. The predicted molar refractivity (Wildman–Crippen MR) is 62.9 cm³/mol. The fourth-order valence-corrected chi connectivity index (χ4v) is 1.42. The lowest BCUT2D eigenvalue weighted by molar-refractivity contribution is -0.173. The molecule has 0 fully saturated rings. The Morgan fingerprint density at radius 2 is 1.91 bits per heavy atom. The van der Waals surface area contributed by atoms with E-state index in [0.717, 1.165) is 12.3 Å². The van der Waals surface area contributed by atoms with Crippen molar-refractivity contribution in [3.63, 3.8) is 0 Å². The van der Waals surface area contributed by atoms with Crippen LogP contribution in [0.3, 0.4) is 0 Å². The lowest BCUT2D eigenvalue weighted by Gasteiger charge is -2.12. The van der Waals surface area contributed by atoms with Gasteiger partial charge in [-0.2, -0.15) is 26.3 Å². The van der Waals surface area contributed by atoms with Crippen molar-refractivity contribution in [3.05, 3.63) is 23.5 Å². The third-order valence-electron chi connectivity index (χ3n) is 2.30. The number of hydrogen-bond donors (Lipinski definition) is 2. The maximum atomic E-state index is 12.6. The molecule has 1 amide bonds. The molecule has 0 aliphatic carbocycles. The fourth-order valence-electron chi connectivity index (χ4n) is 1.42. The van der Waals surface area contributed by atoms with E-state index >= 15 is 0 Å². The summed E-state index contributed by atoms with van der Waals surface area (Å²) >= 11 is 0. The highest BCUT2D eigenvalue weighted by Gasteiger charge is 2.36. The second-order valence-corrected chi connectivity index (χ2v) is 4.04. The number of nitrogens with zero attached hydrogens (tertiary/aromatic N) is 1. The number of nitrogens with two attached hydrogens (primary N) is 1. The van der Waals surface area contributed by atoms with E-state index in [-0.39, 0.29) is 6.54 Å². The standard InChI is InChI=1S/C11H11F6N3O2/c12-10(13,14)5-22-4-3-20-9(21)6-1-2-19-8(7(6)18)11(15,16)17/h1-2H,3-5,18H2,(H,20,21). The van der Waals surface area contributed by atoms with Crippen LogP contribution in [0.1, 0.15) is 16.1 Å². The molecular weight excluding hydrogens is 320 g/mol. The molecule has 0 aromatic carbocycles. The summed E-state index contributed by atoms with van der Waals surface area (Å²) in [6, 6.07) is 0.969. The average Bonchev–Trinajstić information content (AvgIpc) is 2.35. The fraction of sp³-hybridized carbons (Fsp3) is 0.455. The highest BCUT2D eigenvalue weighted by molar-refractivity contribution is 5.99. The van der Waals surface area contributed by atoms with Gasteiger partial charge in [-0.1, -0.05) is 0 Å². The molecular formula is C11H11F6N3O2. The quantitative estimate of drug-likeness (QED) is 0.639. The zero-order valence-electron chi connectivity index (χ0n) is 10.9. The number of amides is 1. The Morgan fingerprint density at radius 3 is 2.45 bits per heavy atom. The van der Waals surface area contributed by atoms with Crippen LogP contribution in [0.25, 0.3) is 0 Å². The number of hydrogen-bond acceptors (Lipinski definition) is 4. The number of nitrogens with one attached hydrogen (secondary N) is 1. The minimum atomic E-state index is -4.82. The number of rotatable bonds is 5. The number of alkyl halides is 6. The van der Waals surface area contributed by atoms with Crippen molar-refractivity contribution >= 4 is 11.6 Å². The third kappa shape index (κ3) is 5.39. The van der Waals surface area contributed by atoms with Gasteiger partial charge in [0.1, 0.15) is 6.61 Å². The molecule has 124 valence electrons. The Kier molecular flexibility index (Phi) is 5.58. The summed E-state index contributed by atoms with van der Waals surface area (Å²) in [5.41, 5.74) is 2.49. The van der Waals surface area contributed by atoms with Crippen molar-refractivity contribution in [1.82, 2.24) is 10.3 Å². The number of aromatic nitrogens is 1. The summed E-state index contributed by atoms with van der Waals surface area (Å²) in [7, 11) is 0. The highest BCUT2D eigenvalue weighted by Crippen LogP contribution is 2.32. The van der Waals surface area contributed by atoms with Crippen molar-refractivity contribution in [3.8, 4) is 0 Å². The van der Waals surface area contributed by atoms with E-state index in [1.165, 1.54) is 0 Å².